The van der Waals surface area contributed by atoms with E-state index in [1.165, 1.54) is 0 Å². The minimum atomic E-state index is -2.86. The molecular formula is C12H21N3O3S. The van der Waals surface area contributed by atoms with Gasteiger partial charge < -0.3 is 9.84 Å². The third-order valence-corrected chi connectivity index (χ3v) is 5.25. The maximum atomic E-state index is 11.6. The van der Waals surface area contributed by atoms with Gasteiger partial charge >= 0.3 is 0 Å². The number of aryl methyl sites for hydroxylation is 1. The van der Waals surface area contributed by atoms with Crippen LogP contribution in [0.4, 0.5) is 0 Å². The van der Waals surface area contributed by atoms with Crippen molar-refractivity contribution in [1.29, 1.82) is 0 Å². The van der Waals surface area contributed by atoms with Gasteiger partial charge in [-0.2, -0.15) is 4.98 Å². The van der Waals surface area contributed by atoms with E-state index in [2.05, 4.69) is 15.5 Å². The van der Waals surface area contributed by atoms with E-state index in [0.717, 1.165) is 32.2 Å². The van der Waals surface area contributed by atoms with Gasteiger partial charge in [-0.05, 0) is 38.8 Å². The fraction of sp³-hybridized carbons (Fsp3) is 0.833. The zero-order chi connectivity index (χ0) is 13.7. The van der Waals surface area contributed by atoms with E-state index < -0.39 is 9.84 Å². The van der Waals surface area contributed by atoms with Gasteiger partial charge in [-0.3, -0.25) is 0 Å². The Morgan fingerprint density at radius 2 is 2.32 bits per heavy atom. The fourth-order valence-corrected chi connectivity index (χ4v) is 4.20. The van der Waals surface area contributed by atoms with E-state index in [0.29, 0.717) is 23.9 Å². The third-order valence-electron chi connectivity index (χ3n) is 3.36. The standard InChI is InChI=1S/C12H21N3O3S/c1-13-6-2-5-12-14-11(15-18-12)8-10-4-3-7-19(16,17)9-10/h10,13H,2-9H2,1H3. The van der Waals surface area contributed by atoms with Gasteiger partial charge in [-0.25, -0.2) is 8.42 Å². The number of nitrogens with one attached hydrogen (secondary N) is 1. The first-order chi connectivity index (χ1) is 9.09. The van der Waals surface area contributed by atoms with Gasteiger partial charge in [-0.1, -0.05) is 5.16 Å². The van der Waals surface area contributed by atoms with E-state index in [1.54, 1.807) is 0 Å². The van der Waals surface area contributed by atoms with E-state index in [4.69, 9.17) is 4.52 Å². The summed E-state index contributed by atoms with van der Waals surface area (Å²) in [6.07, 6.45) is 4.00. The van der Waals surface area contributed by atoms with Gasteiger partial charge in [0.15, 0.2) is 15.7 Å². The molecule has 2 heterocycles. The topological polar surface area (TPSA) is 85.1 Å². The van der Waals surface area contributed by atoms with Gasteiger partial charge in [0.25, 0.3) is 0 Å². The summed E-state index contributed by atoms with van der Waals surface area (Å²) in [7, 11) is -0.952. The van der Waals surface area contributed by atoms with E-state index in [-0.39, 0.29) is 11.7 Å². The van der Waals surface area contributed by atoms with Crippen LogP contribution in [0.3, 0.4) is 0 Å². The van der Waals surface area contributed by atoms with Crippen LogP contribution < -0.4 is 5.32 Å². The molecule has 1 fully saturated rings. The molecule has 108 valence electrons. The minimum absolute atomic E-state index is 0.140. The van der Waals surface area contributed by atoms with Crippen LogP contribution in [0.2, 0.25) is 0 Å². The summed E-state index contributed by atoms with van der Waals surface area (Å²) in [5.41, 5.74) is 0. The second kappa shape index (κ2) is 6.47. The monoisotopic (exact) mass is 287 g/mol. The Balaban J connectivity index is 1.85. The van der Waals surface area contributed by atoms with Crippen LogP contribution in [0.25, 0.3) is 0 Å². The van der Waals surface area contributed by atoms with Gasteiger partial charge in [0.05, 0.1) is 11.5 Å². The highest BCUT2D eigenvalue weighted by atomic mass is 32.2. The van der Waals surface area contributed by atoms with E-state index in [1.807, 2.05) is 7.05 Å². The summed E-state index contributed by atoms with van der Waals surface area (Å²) in [4.78, 5) is 4.32. The summed E-state index contributed by atoms with van der Waals surface area (Å²) in [5, 5.41) is 7.00. The number of sulfone groups is 1. The maximum Gasteiger partial charge on any atom is 0.226 e. The minimum Gasteiger partial charge on any atom is -0.339 e. The lowest BCUT2D eigenvalue weighted by Gasteiger charge is -2.20. The van der Waals surface area contributed by atoms with Crippen LogP contribution in [0.5, 0.6) is 0 Å². The SMILES string of the molecule is CNCCCc1nc(CC2CCCS(=O)(=O)C2)no1. The average Bonchev–Trinajstić information content (AvgIpc) is 2.76. The second-order valence-electron chi connectivity index (χ2n) is 5.14. The zero-order valence-corrected chi connectivity index (χ0v) is 12.1. The quantitative estimate of drug-likeness (QED) is 0.771. The molecule has 1 aliphatic heterocycles. The molecular weight excluding hydrogens is 266 g/mol. The molecule has 0 radical (unpaired) electrons. The summed E-state index contributed by atoms with van der Waals surface area (Å²) in [6, 6.07) is 0. The lowest BCUT2D eigenvalue weighted by molar-refractivity contribution is 0.365. The second-order valence-corrected chi connectivity index (χ2v) is 7.37. The molecule has 0 aliphatic carbocycles. The molecule has 7 heteroatoms. The molecule has 1 atom stereocenters. The highest BCUT2D eigenvalue weighted by molar-refractivity contribution is 7.91. The first-order valence-electron chi connectivity index (χ1n) is 6.75. The number of hydrogen-bond donors (Lipinski definition) is 1. The Bertz CT molecular complexity index is 498. The lowest BCUT2D eigenvalue weighted by Crippen LogP contribution is -2.26. The summed E-state index contributed by atoms with van der Waals surface area (Å²) >= 11 is 0. The van der Waals surface area contributed by atoms with Gasteiger partial charge in [0.2, 0.25) is 5.89 Å². The first kappa shape index (κ1) is 14.5. The van der Waals surface area contributed by atoms with Crippen molar-refractivity contribution in [3.8, 4) is 0 Å². The highest BCUT2D eigenvalue weighted by Gasteiger charge is 2.26. The third kappa shape index (κ3) is 4.58. The summed E-state index contributed by atoms with van der Waals surface area (Å²) < 4.78 is 28.3. The van der Waals surface area contributed by atoms with Gasteiger partial charge in [0.1, 0.15) is 0 Å². The molecule has 0 aromatic carbocycles. The first-order valence-corrected chi connectivity index (χ1v) is 8.57. The Labute approximate surface area is 113 Å². The largest absolute Gasteiger partial charge is 0.339 e. The van der Waals surface area contributed by atoms with Crippen LogP contribution in [0.15, 0.2) is 4.52 Å². The van der Waals surface area contributed by atoms with Crippen molar-refractivity contribution in [2.45, 2.75) is 32.1 Å². The smallest absolute Gasteiger partial charge is 0.226 e. The predicted molar refractivity (Wildman–Crippen MR) is 71.6 cm³/mol. The number of aromatic nitrogens is 2. The van der Waals surface area contributed by atoms with Crippen molar-refractivity contribution < 1.29 is 12.9 Å². The molecule has 6 nitrogen and oxygen atoms in total. The maximum absolute atomic E-state index is 11.6. The zero-order valence-electron chi connectivity index (χ0n) is 11.3. The fourth-order valence-electron chi connectivity index (χ4n) is 2.43. The lowest BCUT2D eigenvalue weighted by atomic mass is 10.0. The average molecular weight is 287 g/mol. The molecule has 1 N–H and O–H groups in total. The number of hydrogen-bond acceptors (Lipinski definition) is 6. The van der Waals surface area contributed by atoms with Gasteiger partial charge in [-0.15, -0.1) is 0 Å². The molecule has 1 unspecified atom stereocenters. The molecule has 1 aromatic heterocycles. The molecule has 0 amide bonds. The van der Waals surface area contributed by atoms with E-state index >= 15 is 0 Å². The van der Waals surface area contributed by atoms with Crippen LogP contribution >= 0.6 is 0 Å². The molecule has 1 aliphatic rings. The van der Waals surface area contributed by atoms with Crippen molar-refractivity contribution in [2.75, 3.05) is 25.1 Å². The molecule has 0 saturated carbocycles. The highest BCUT2D eigenvalue weighted by Crippen LogP contribution is 2.21. The summed E-state index contributed by atoms with van der Waals surface area (Å²) in [6.45, 7) is 0.915. The Morgan fingerprint density at radius 1 is 1.47 bits per heavy atom. The van der Waals surface area contributed by atoms with Crippen LogP contribution in [-0.2, 0) is 22.7 Å². The molecule has 1 aromatic rings. The molecule has 2 rings (SSSR count). The Morgan fingerprint density at radius 3 is 3.05 bits per heavy atom. The summed E-state index contributed by atoms with van der Waals surface area (Å²) in [5.74, 6) is 2.01. The van der Waals surface area contributed by atoms with Crippen molar-refractivity contribution >= 4 is 9.84 Å². The molecule has 0 spiro atoms. The molecule has 19 heavy (non-hydrogen) atoms. The normalized spacial score (nSPS) is 22.5. The van der Waals surface area contributed by atoms with Crippen molar-refractivity contribution in [3.05, 3.63) is 11.7 Å². The van der Waals surface area contributed by atoms with Gasteiger partial charge in [0, 0.05) is 12.8 Å². The van der Waals surface area contributed by atoms with Crippen molar-refractivity contribution in [3.63, 3.8) is 0 Å². The van der Waals surface area contributed by atoms with Crippen LogP contribution in [-0.4, -0.2) is 43.7 Å². The van der Waals surface area contributed by atoms with Crippen molar-refractivity contribution in [1.82, 2.24) is 15.5 Å². The van der Waals surface area contributed by atoms with Crippen LogP contribution in [0, 0.1) is 5.92 Å². The molecule has 1 saturated heterocycles. The van der Waals surface area contributed by atoms with E-state index in [9.17, 15) is 8.42 Å². The number of nitrogens with zero attached hydrogens (tertiary/aromatic N) is 2. The van der Waals surface area contributed by atoms with Crippen molar-refractivity contribution in [2.24, 2.45) is 5.92 Å². The Kier molecular flexibility index (Phi) is 4.93. The predicted octanol–water partition coefficient (Wildman–Crippen LogP) is 0.589. The number of rotatable bonds is 6. The molecule has 0 bridgehead atoms. The Hall–Kier alpha value is -0.950. The van der Waals surface area contributed by atoms with Crippen LogP contribution in [0.1, 0.15) is 31.0 Å².